The molecule has 3 rings (SSSR count). The molecule has 1 aromatic carbocycles. The van der Waals surface area contributed by atoms with Gasteiger partial charge < -0.3 is 4.90 Å². The van der Waals surface area contributed by atoms with Gasteiger partial charge in [0.05, 0.1) is 12.6 Å². The van der Waals surface area contributed by atoms with Crippen molar-refractivity contribution in [1.82, 2.24) is 9.80 Å². The Morgan fingerprint density at radius 1 is 1.08 bits per heavy atom. The summed E-state index contributed by atoms with van der Waals surface area (Å²) in [6, 6.07) is 9.15. The van der Waals surface area contributed by atoms with Crippen LogP contribution in [0.2, 0.25) is 0 Å². The summed E-state index contributed by atoms with van der Waals surface area (Å²) in [5.74, 6) is 0.997. The number of hydrogen-bond donors (Lipinski definition) is 0. The highest BCUT2D eigenvalue weighted by atomic mass is 16.2. The summed E-state index contributed by atoms with van der Waals surface area (Å²) < 4.78 is 0. The highest BCUT2D eigenvalue weighted by Gasteiger charge is 2.22. The van der Waals surface area contributed by atoms with Gasteiger partial charge in [0.15, 0.2) is 0 Å². The van der Waals surface area contributed by atoms with Crippen LogP contribution in [0.1, 0.15) is 75.0 Å². The SMILES string of the molecule is C[C@H](c1ccc(C2CCCC2)cc1)N(C)C(=O)CN1CCCCC1. The van der Waals surface area contributed by atoms with Gasteiger partial charge in [0.25, 0.3) is 0 Å². The summed E-state index contributed by atoms with van der Waals surface area (Å²) >= 11 is 0. The quantitative estimate of drug-likeness (QED) is 0.802. The molecule has 0 radical (unpaired) electrons. The number of amides is 1. The van der Waals surface area contributed by atoms with Gasteiger partial charge >= 0.3 is 0 Å². The van der Waals surface area contributed by atoms with Crippen LogP contribution >= 0.6 is 0 Å². The molecule has 1 amide bonds. The number of piperidine rings is 1. The monoisotopic (exact) mass is 328 g/mol. The average Bonchev–Trinajstić information content (AvgIpc) is 3.16. The van der Waals surface area contributed by atoms with Gasteiger partial charge in [-0.2, -0.15) is 0 Å². The van der Waals surface area contributed by atoms with E-state index in [-0.39, 0.29) is 11.9 Å². The molecule has 24 heavy (non-hydrogen) atoms. The lowest BCUT2D eigenvalue weighted by atomic mass is 9.95. The Bertz CT molecular complexity index is 527. The van der Waals surface area contributed by atoms with E-state index >= 15 is 0 Å². The van der Waals surface area contributed by atoms with Crippen molar-refractivity contribution in [2.24, 2.45) is 0 Å². The number of nitrogens with zero attached hydrogens (tertiary/aromatic N) is 2. The van der Waals surface area contributed by atoms with Gasteiger partial charge in [-0.05, 0) is 62.7 Å². The summed E-state index contributed by atoms with van der Waals surface area (Å²) in [6.07, 6.45) is 9.19. The molecule has 1 atom stereocenters. The molecule has 2 aliphatic rings. The number of benzene rings is 1. The average molecular weight is 329 g/mol. The molecule has 1 heterocycles. The van der Waals surface area contributed by atoms with E-state index in [1.165, 1.54) is 56.1 Å². The second-order valence-corrected chi connectivity index (χ2v) is 7.67. The van der Waals surface area contributed by atoms with Crippen molar-refractivity contribution in [2.75, 3.05) is 26.7 Å². The molecule has 0 spiro atoms. The van der Waals surface area contributed by atoms with Crippen molar-refractivity contribution >= 4 is 5.91 Å². The van der Waals surface area contributed by atoms with E-state index < -0.39 is 0 Å². The Morgan fingerprint density at radius 3 is 2.33 bits per heavy atom. The minimum Gasteiger partial charge on any atom is -0.338 e. The molecule has 3 heteroatoms. The van der Waals surface area contributed by atoms with E-state index in [9.17, 15) is 4.79 Å². The lowest BCUT2D eigenvalue weighted by Gasteiger charge is -2.31. The zero-order chi connectivity index (χ0) is 16.9. The van der Waals surface area contributed by atoms with Crippen LogP contribution in [-0.4, -0.2) is 42.4 Å². The smallest absolute Gasteiger partial charge is 0.236 e. The molecule has 0 bridgehead atoms. The summed E-state index contributed by atoms with van der Waals surface area (Å²) in [6.45, 7) is 4.85. The van der Waals surface area contributed by atoms with E-state index in [1.807, 2.05) is 11.9 Å². The number of carbonyl (C=O) groups excluding carboxylic acids is 1. The largest absolute Gasteiger partial charge is 0.338 e. The first-order valence-corrected chi connectivity index (χ1v) is 9.73. The molecule has 0 unspecified atom stereocenters. The van der Waals surface area contributed by atoms with Crippen LogP contribution < -0.4 is 0 Å². The Balaban J connectivity index is 1.57. The molecular weight excluding hydrogens is 296 g/mol. The summed E-state index contributed by atoms with van der Waals surface area (Å²) in [7, 11) is 1.95. The molecule has 1 saturated heterocycles. The van der Waals surface area contributed by atoms with Gasteiger partial charge in [-0.25, -0.2) is 0 Å². The number of hydrogen-bond acceptors (Lipinski definition) is 2. The summed E-state index contributed by atoms with van der Waals surface area (Å²) in [4.78, 5) is 16.8. The molecule has 1 aliphatic heterocycles. The first kappa shape index (κ1) is 17.5. The fraction of sp³-hybridized carbons (Fsp3) is 0.667. The van der Waals surface area contributed by atoms with Crippen molar-refractivity contribution in [3.8, 4) is 0 Å². The highest BCUT2D eigenvalue weighted by molar-refractivity contribution is 5.78. The number of carbonyl (C=O) groups is 1. The van der Waals surface area contributed by atoms with Crippen molar-refractivity contribution in [3.05, 3.63) is 35.4 Å². The third kappa shape index (κ3) is 4.18. The molecular formula is C21H32N2O. The Labute approximate surface area is 147 Å². The predicted molar refractivity (Wildman–Crippen MR) is 99.1 cm³/mol. The molecule has 2 fully saturated rings. The lowest BCUT2D eigenvalue weighted by molar-refractivity contribution is -0.133. The second kappa shape index (κ2) is 8.15. The van der Waals surface area contributed by atoms with E-state index in [2.05, 4.69) is 36.1 Å². The Morgan fingerprint density at radius 2 is 1.71 bits per heavy atom. The summed E-state index contributed by atoms with van der Waals surface area (Å²) in [5, 5.41) is 0. The molecule has 0 aromatic heterocycles. The standard InChI is InChI=1S/C21H32N2O/c1-17(22(2)21(24)16-23-14-6-3-7-15-23)18-10-12-20(13-11-18)19-8-4-5-9-19/h10-13,17,19H,3-9,14-16H2,1-2H3/t17-/m1/s1. The minimum absolute atomic E-state index is 0.139. The second-order valence-electron chi connectivity index (χ2n) is 7.67. The van der Waals surface area contributed by atoms with E-state index in [0.29, 0.717) is 6.54 Å². The van der Waals surface area contributed by atoms with Gasteiger partial charge in [0.1, 0.15) is 0 Å². The molecule has 1 saturated carbocycles. The third-order valence-corrected chi connectivity index (χ3v) is 6.03. The van der Waals surface area contributed by atoms with Gasteiger partial charge in [0, 0.05) is 7.05 Å². The van der Waals surface area contributed by atoms with Crippen LogP contribution in [0.15, 0.2) is 24.3 Å². The lowest BCUT2D eigenvalue weighted by Crippen LogP contribution is -2.41. The van der Waals surface area contributed by atoms with Crippen LogP contribution in [-0.2, 0) is 4.79 Å². The van der Waals surface area contributed by atoms with E-state index in [0.717, 1.165) is 19.0 Å². The maximum Gasteiger partial charge on any atom is 0.236 e. The maximum absolute atomic E-state index is 12.6. The fourth-order valence-electron chi connectivity index (χ4n) is 4.17. The van der Waals surface area contributed by atoms with Crippen molar-refractivity contribution in [3.63, 3.8) is 0 Å². The molecule has 132 valence electrons. The highest BCUT2D eigenvalue weighted by Crippen LogP contribution is 2.34. The van der Waals surface area contributed by atoms with Gasteiger partial charge in [-0.1, -0.05) is 43.5 Å². The van der Waals surface area contributed by atoms with Crippen LogP contribution in [0, 0.1) is 0 Å². The first-order valence-electron chi connectivity index (χ1n) is 9.73. The summed E-state index contributed by atoms with van der Waals surface area (Å²) in [5.41, 5.74) is 2.72. The normalized spacial score (nSPS) is 20.9. The van der Waals surface area contributed by atoms with Crippen molar-refractivity contribution in [2.45, 2.75) is 63.8 Å². The van der Waals surface area contributed by atoms with Crippen LogP contribution in [0.25, 0.3) is 0 Å². The Kier molecular flexibility index (Phi) is 5.94. The van der Waals surface area contributed by atoms with Crippen LogP contribution in [0.5, 0.6) is 0 Å². The van der Waals surface area contributed by atoms with Crippen molar-refractivity contribution in [1.29, 1.82) is 0 Å². The molecule has 3 nitrogen and oxygen atoms in total. The predicted octanol–water partition coefficient (Wildman–Crippen LogP) is 4.35. The number of likely N-dealkylation sites (N-methyl/N-ethyl adjacent to an activating group) is 1. The van der Waals surface area contributed by atoms with Crippen LogP contribution in [0.4, 0.5) is 0 Å². The third-order valence-electron chi connectivity index (χ3n) is 6.03. The number of rotatable bonds is 5. The van der Waals surface area contributed by atoms with E-state index in [4.69, 9.17) is 0 Å². The van der Waals surface area contributed by atoms with Crippen LogP contribution in [0.3, 0.4) is 0 Å². The van der Waals surface area contributed by atoms with Gasteiger partial charge in [-0.3, -0.25) is 9.69 Å². The maximum atomic E-state index is 12.6. The van der Waals surface area contributed by atoms with Crippen molar-refractivity contribution < 1.29 is 4.79 Å². The molecule has 0 N–H and O–H groups in total. The number of likely N-dealkylation sites (tertiary alicyclic amines) is 1. The molecule has 1 aromatic rings. The first-order chi connectivity index (χ1) is 11.6. The fourth-order valence-corrected chi connectivity index (χ4v) is 4.17. The van der Waals surface area contributed by atoms with Gasteiger partial charge in [0.2, 0.25) is 5.91 Å². The van der Waals surface area contributed by atoms with Gasteiger partial charge in [-0.15, -0.1) is 0 Å². The topological polar surface area (TPSA) is 23.6 Å². The van der Waals surface area contributed by atoms with E-state index in [1.54, 1.807) is 0 Å². The zero-order valence-corrected chi connectivity index (χ0v) is 15.3. The Hall–Kier alpha value is -1.35. The minimum atomic E-state index is 0.139. The molecule has 1 aliphatic carbocycles. The zero-order valence-electron chi connectivity index (χ0n) is 15.3.